The standard InChI is InChI=1S/C23H29N3O5S/c1-17-10-11-18(16-21(17)32(29,30)25-12-4-2-3-5-13-25)24-22(27)19-8-6-14-26(19)23(28)20-9-7-15-31-20/h7,9-11,15-16,19H,2-6,8,12-14H2,1H3,(H,24,27)/t19-/m0/s1. The Bertz CT molecular complexity index is 1070. The maximum Gasteiger partial charge on any atom is 0.290 e. The van der Waals surface area contributed by atoms with E-state index >= 15 is 0 Å². The third-order valence-corrected chi connectivity index (χ3v) is 8.23. The molecular formula is C23H29N3O5S. The van der Waals surface area contributed by atoms with Gasteiger partial charge in [-0.1, -0.05) is 18.9 Å². The van der Waals surface area contributed by atoms with E-state index in [4.69, 9.17) is 4.42 Å². The molecule has 9 heteroatoms. The number of rotatable bonds is 5. The largest absolute Gasteiger partial charge is 0.459 e. The average molecular weight is 460 g/mol. The van der Waals surface area contributed by atoms with Gasteiger partial charge in [0.15, 0.2) is 5.76 Å². The third kappa shape index (κ3) is 4.59. The molecule has 1 aromatic heterocycles. The van der Waals surface area contributed by atoms with Crippen molar-refractivity contribution in [3.63, 3.8) is 0 Å². The van der Waals surface area contributed by atoms with E-state index in [0.29, 0.717) is 43.7 Å². The molecule has 0 spiro atoms. The minimum atomic E-state index is -3.64. The highest BCUT2D eigenvalue weighted by atomic mass is 32.2. The van der Waals surface area contributed by atoms with Gasteiger partial charge in [0.05, 0.1) is 11.2 Å². The number of likely N-dealkylation sites (tertiary alicyclic amines) is 1. The van der Waals surface area contributed by atoms with Gasteiger partial charge in [0.1, 0.15) is 6.04 Å². The van der Waals surface area contributed by atoms with Crippen molar-refractivity contribution in [3.05, 3.63) is 47.9 Å². The van der Waals surface area contributed by atoms with Crippen LogP contribution in [0.5, 0.6) is 0 Å². The van der Waals surface area contributed by atoms with Gasteiger partial charge in [-0.25, -0.2) is 8.42 Å². The van der Waals surface area contributed by atoms with E-state index in [1.807, 2.05) is 0 Å². The van der Waals surface area contributed by atoms with Gasteiger partial charge in [0, 0.05) is 25.3 Å². The number of carbonyl (C=O) groups is 2. The molecule has 0 radical (unpaired) electrons. The Morgan fingerprint density at radius 1 is 1.03 bits per heavy atom. The van der Waals surface area contributed by atoms with Gasteiger partial charge in [-0.3, -0.25) is 9.59 Å². The summed E-state index contributed by atoms with van der Waals surface area (Å²) in [4.78, 5) is 27.4. The lowest BCUT2D eigenvalue weighted by Gasteiger charge is -2.24. The molecule has 1 aromatic carbocycles. The first kappa shape index (κ1) is 22.5. The van der Waals surface area contributed by atoms with E-state index in [1.54, 1.807) is 35.5 Å². The summed E-state index contributed by atoms with van der Waals surface area (Å²) in [7, 11) is -3.64. The molecule has 32 heavy (non-hydrogen) atoms. The molecule has 1 N–H and O–H groups in total. The molecule has 2 aromatic rings. The molecule has 0 saturated carbocycles. The lowest BCUT2D eigenvalue weighted by molar-refractivity contribution is -0.119. The molecule has 172 valence electrons. The zero-order valence-corrected chi connectivity index (χ0v) is 19.1. The van der Waals surface area contributed by atoms with Gasteiger partial charge in [0.2, 0.25) is 15.9 Å². The summed E-state index contributed by atoms with van der Waals surface area (Å²) in [6.07, 6.45) is 6.48. The van der Waals surface area contributed by atoms with Gasteiger partial charge < -0.3 is 14.6 Å². The highest BCUT2D eigenvalue weighted by Gasteiger charge is 2.36. The van der Waals surface area contributed by atoms with Crippen molar-refractivity contribution in [2.75, 3.05) is 25.0 Å². The number of nitrogens with zero attached hydrogens (tertiary/aromatic N) is 2. The Labute approximate surface area is 188 Å². The first-order valence-corrected chi connectivity index (χ1v) is 12.6. The topological polar surface area (TPSA) is 99.9 Å². The zero-order chi connectivity index (χ0) is 22.7. The van der Waals surface area contributed by atoms with Gasteiger partial charge in [-0.2, -0.15) is 4.31 Å². The van der Waals surface area contributed by atoms with Gasteiger partial charge >= 0.3 is 0 Å². The smallest absolute Gasteiger partial charge is 0.290 e. The van der Waals surface area contributed by atoms with Crippen LogP contribution in [0.4, 0.5) is 5.69 Å². The number of nitrogens with one attached hydrogen (secondary N) is 1. The number of carbonyl (C=O) groups excluding carboxylic acids is 2. The van der Waals surface area contributed by atoms with Crippen LogP contribution in [0, 0.1) is 6.92 Å². The molecule has 3 heterocycles. The third-order valence-electron chi connectivity index (χ3n) is 6.19. The predicted octanol–water partition coefficient (Wildman–Crippen LogP) is 3.40. The number of hydrogen-bond acceptors (Lipinski definition) is 5. The Hall–Kier alpha value is -2.65. The highest BCUT2D eigenvalue weighted by molar-refractivity contribution is 7.89. The fourth-order valence-electron chi connectivity index (χ4n) is 4.43. The van der Waals surface area contributed by atoms with Gasteiger partial charge in [-0.05, 0) is 62.4 Å². The van der Waals surface area contributed by atoms with Crippen molar-refractivity contribution in [1.29, 1.82) is 0 Å². The molecule has 0 bridgehead atoms. The van der Waals surface area contributed by atoms with Crippen molar-refractivity contribution in [2.45, 2.75) is 56.4 Å². The van der Waals surface area contributed by atoms with Crippen LogP contribution in [0.3, 0.4) is 0 Å². The normalized spacial score (nSPS) is 20.2. The van der Waals surface area contributed by atoms with E-state index in [0.717, 1.165) is 25.7 Å². The lowest BCUT2D eigenvalue weighted by atomic mass is 10.1. The molecule has 0 unspecified atom stereocenters. The maximum absolute atomic E-state index is 13.3. The fourth-order valence-corrected chi connectivity index (χ4v) is 6.19. The van der Waals surface area contributed by atoms with Crippen molar-refractivity contribution >= 4 is 27.5 Å². The molecule has 2 fully saturated rings. The fraction of sp³-hybridized carbons (Fsp3) is 0.478. The summed E-state index contributed by atoms with van der Waals surface area (Å²) in [6.45, 7) is 3.27. The van der Waals surface area contributed by atoms with E-state index in [-0.39, 0.29) is 22.5 Å². The first-order valence-electron chi connectivity index (χ1n) is 11.1. The Balaban J connectivity index is 1.52. The molecule has 2 amide bonds. The molecule has 8 nitrogen and oxygen atoms in total. The van der Waals surface area contributed by atoms with Crippen LogP contribution in [0.25, 0.3) is 0 Å². The molecule has 1 atom stereocenters. The van der Waals surface area contributed by atoms with Crippen molar-refractivity contribution < 1.29 is 22.4 Å². The van der Waals surface area contributed by atoms with Gasteiger partial charge in [0.25, 0.3) is 5.91 Å². The van der Waals surface area contributed by atoms with Crippen LogP contribution in [0.2, 0.25) is 0 Å². The second-order valence-corrected chi connectivity index (χ2v) is 10.3. The van der Waals surface area contributed by atoms with E-state index in [2.05, 4.69) is 5.32 Å². The summed E-state index contributed by atoms with van der Waals surface area (Å²) in [6, 6.07) is 7.52. The molecule has 2 aliphatic heterocycles. The van der Waals surface area contributed by atoms with E-state index in [1.165, 1.54) is 17.2 Å². The average Bonchev–Trinajstić information content (AvgIpc) is 3.41. The first-order chi connectivity index (χ1) is 15.4. The van der Waals surface area contributed by atoms with Gasteiger partial charge in [-0.15, -0.1) is 0 Å². The van der Waals surface area contributed by atoms with Crippen molar-refractivity contribution in [1.82, 2.24) is 9.21 Å². The summed E-state index contributed by atoms with van der Waals surface area (Å²) in [5, 5.41) is 2.82. The van der Waals surface area contributed by atoms with Crippen LogP contribution in [0.15, 0.2) is 45.9 Å². The lowest BCUT2D eigenvalue weighted by Crippen LogP contribution is -2.43. The Morgan fingerprint density at radius 3 is 2.47 bits per heavy atom. The molecule has 2 aliphatic rings. The summed E-state index contributed by atoms with van der Waals surface area (Å²) < 4.78 is 33.3. The van der Waals surface area contributed by atoms with Crippen LogP contribution < -0.4 is 5.32 Å². The minimum absolute atomic E-state index is 0.200. The summed E-state index contributed by atoms with van der Waals surface area (Å²) in [5.41, 5.74) is 1.05. The van der Waals surface area contributed by atoms with E-state index in [9.17, 15) is 18.0 Å². The van der Waals surface area contributed by atoms with Crippen molar-refractivity contribution in [3.8, 4) is 0 Å². The number of anilines is 1. The predicted molar refractivity (Wildman–Crippen MR) is 120 cm³/mol. The van der Waals surface area contributed by atoms with Crippen LogP contribution >= 0.6 is 0 Å². The molecule has 0 aliphatic carbocycles. The number of amides is 2. The van der Waals surface area contributed by atoms with Crippen LogP contribution in [0.1, 0.15) is 54.6 Å². The summed E-state index contributed by atoms with van der Waals surface area (Å²) in [5.74, 6) is -0.448. The summed E-state index contributed by atoms with van der Waals surface area (Å²) >= 11 is 0. The van der Waals surface area contributed by atoms with Crippen LogP contribution in [-0.2, 0) is 14.8 Å². The second kappa shape index (κ2) is 9.46. The number of aryl methyl sites for hydroxylation is 1. The van der Waals surface area contributed by atoms with Crippen molar-refractivity contribution in [2.24, 2.45) is 0 Å². The quantitative estimate of drug-likeness (QED) is 0.739. The number of furan rings is 1. The monoisotopic (exact) mass is 459 g/mol. The SMILES string of the molecule is Cc1ccc(NC(=O)[C@@H]2CCCN2C(=O)c2ccco2)cc1S(=O)(=O)N1CCCCCC1. The number of sulfonamides is 1. The molecule has 4 rings (SSSR count). The number of hydrogen-bond donors (Lipinski definition) is 1. The molecule has 2 saturated heterocycles. The zero-order valence-electron chi connectivity index (χ0n) is 18.2. The van der Waals surface area contributed by atoms with Crippen LogP contribution in [-0.4, -0.2) is 55.1 Å². The molecular weight excluding hydrogens is 430 g/mol. The number of benzene rings is 1. The Morgan fingerprint density at radius 2 is 1.78 bits per heavy atom. The Kier molecular flexibility index (Phi) is 6.66. The van der Waals surface area contributed by atoms with E-state index < -0.39 is 16.1 Å². The minimum Gasteiger partial charge on any atom is -0.459 e. The highest BCUT2D eigenvalue weighted by Crippen LogP contribution is 2.27. The second-order valence-electron chi connectivity index (χ2n) is 8.42. The maximum atomic E-state index is 13.3.